The van der Waals surface area contributed by atoms with Gasteiger partial charge in [0.05, 0.1) is 0 Å². The summed E-state index contributed by atoms with van der Waals surface area (Å²) >= 11 is 1.21. The first-order valence-corrected chi connectivity index (χ1v) is 8.52. The standard InChI is InChI=1S/C20H16FNOS/c1-13-5-7-14(8-6-13)17-10-9-15(11-19(17)21)18-4-2-3-16-12-22-24-23-20(16)18/h2-11,22H,12H2,1H3. The van der Waals surface area contributed by atoms with E-state index >= 15 is 0 Å². The average molecular weight is 337 g/mol. The minimum Gasteiger partial charge on any atom is -0.409 e. The van der Waals surface area contributed by atoms with E-state index in [2.05, 4.69) is 4.72 Å². The summed E-state index contributed by atoms with van der Waals surface area (Å²) in [7, 11) is 0. The van der Waals surface area contributed by atoms with Crippen molar-refractivity contribution in [2.24, 2.45) is 0 Å². The van der Waals surface area contributed by atoms with Gasteiger partial charge in [0.15, 0.2) is 5.75 Å². The second-order valence-corrected chi connectivity index (χ2v) is 6.46. The molecule has 0 bridgehead atoms. The number of para-hydroxylation sites is 1. The molecule has 4 rings (SSSR count). The Kier molecular flexibility index (Phi) is 4.00. The third-order valence-electron chi connectivity index (χ3n) is 4.19. The third kappa shape index (κ3) is 2.79. The van der Waals surface area contributed by atoms with Crippen LogP contribution in [0.4, 0.5) is 4.39 Å². The molecule has 3 aromatic rings. The van der Waals surface area contributed by atoms with E-state index in [9.17, 15) is 4.39 Å². The molecule has 3 aromatic carbocycles. The highest BCUT2D eigenvalue weighted by Crippen LogP contribution is 2.38. The number of fused-ring (bicyclic) bond motifs is 1. The molecule has 2 nitrogen and oxygen atoms in total. The number of hydrogen-bond donors (Lipinski definition) is 1. The molecule has 0 radical (unpaired) electrons. The van der Waals surface area contributed by atoms with Crippen molar-refractivity contribution in [1.29, 1.82) is 0 Å². The lowest BCUT2D eigenvalue weighted by atomic mass is 9.97. The van der Waals surface area contributed by atoms with Crippen molar-refractivity contribution in [3.63, 3.8) is 0 Å². The van der Waals surface area contributed by atoms with Gasteiger partial charge in [-0.2, -0.15) is 0 Å². The van der Waals surface area contributed by atoms with Gasteiger partial charge in [-0.3, -0.25) is 0 Å². The largest absolute Gasteiger partial charge is 0.409 e. The fourth-order valence-electron chi connectivity index (χ4n) is 2.88. The van der Waals surface area contributed by atoms with E-state index in [-0.39, 0.29) is 5.82 Å². The number of nitrogens with one attached hydrogen (secondary N) is 1. The molecule has 0 aliphatic carbocycles. The minimum atomic E-state index is -0.226. The Morgan fingerprint density at radius 1 is 0.958 bits per heavy atom. The molecule has 0 aromatic heterocycles. The van der Waals surface area contributed by atoms with Gasteiger partial charge in [0.1, 0.15) is 18.0 Å². The average Bonchev–Trinajstić information content (AvgIpc) is 2.62. The summed E-state index contributed by atoms with van der Waals surface area (Å²) in [6.45, 7) is 2.76. The summed E-state index contributed by atoms with van der Waals surface area (Å²) in [4.78, 5) is 0. The highest BCUT2D eigenvalue weighted by Gasteiger charge is 2.17. The normalized spacial score (nSPS) is 13.2. The number of rotatable bonds is 2. The molecular formula is C20H16FNOS. The summed E-state index contributed by atoms with van der Waals surface area (Å²) in [5.41, 5.74) is 5.47. The van der Waals surface area contributed by atoms with Gasteiger partial charge in [0.25, 0.3) is 0 Å². The Labute approximate surface area is 145 Å². The number of benzene rings is 3. The number of aryl methyl sites for hydroxylation is 1. The van der Waals surface area contributed by atoms with Gasteiger partial charge in [-0.1, -0.05) is 60.2 Å². The van der Waals surface area contributed by atoms with E-state index in [0.29, 0.717) is 5.56 Å². The maximum absolute atomic E-state index is 14.7. The molecule has 0 unspecified atom stereocenters. The molecule has 0 atom stereocenters. The zero-order valence-corrected chi connectivity index (χ0v) is 14.0. The van der Waals surface area contributed by atoms with Crippen molar-refractivity contribution >= 4 is 12.2 Å². The molecule has 24 heavy (non-hydrogen) atoms. The Morgan fingerprint density at radius 2 is 1.75 bits per heavy atom. The maximum Gasteiger partial charge on any atom is 0.151 e. The molecule has 1 aliphatic rings. The lowest BCUT2D eigenvalue weighted by Crippen LogP contribution is -2.12. The molecule has 120 valence electrons. The molecule has 1 aliphatic heterocycles. The van der Waals surface area contributed by atoms with Crippen LogP contribution in [0.3, 0.4) is 0 Å². The van der Waals surface area contributed by atoms with Crippen LogP contribution in [0.1, 0.15) is 11.1 Å². The van der Waals surface area contributed by atoms with Crippen LogP contribution < -0.4 is 8.91 Å². The molecule has 0 spiro atoms. The van der Waals surface area contributed by atoms with Crippen LogP contribution in [0.25, 0.3) is 22.3 Å². The highest BCUT2D eigenvalue weighted by molar-refractivity contribution is 7.93. The van der Waals surface area contributed by atoms with Crippen molar-refractivity contribution in [1.82, 2.24) is 4.72 Å². The molecule has 0 fully saturated rings. The molecule has 0 saturated heterocycles. The van der Waals surface area contributed by atoms with Crippen molar-refractivity contribution in [3.8, 4) is 28.0 Å². The molecule has 4 heteroatoms. The Morgan fingerprint density at radius 3 is 2.54 bits per heavy atom. The minimum absolute atomic E-state index is 0.226. The summed E-state index contributed by atoms with van der Waals surface area (Å²) in [6, 6.07) is 19.2. The van der Waals surface area contributed by atoms with E-state index in [1.54, 1.807) is 6.07 Å². The number of hydrogen-bond acceptors (Lipinski definition) is 3. The van der Waals surface area contributed by atoms with Gasteiger partial charge in [0, 0.05) is 23.2 Å². The van der Waals surface area contributed by atoms with Gasteiger partial charge in [0.2, 0.25) is 0 Å². The molecular weight excluding hydrogens is 321 g/mol. The second kappa shape index (κ2) is 6.30. The highest BCUT2D eigenvalue weighted by atomic mass is 32.2. The lowest BCUT2D eigenvalue weighted by Gasteiger charge is -2.19. The van der Waals surface area contributed by atoms with Gasteiger partial charge in [-0.15, -0.1) is 0 Å². The quantitative estimate of drug-likeness (QED) is 0.492. The predicted molar refractivity (Wildman–Crippen MR) is 97.1 cm³/mol. The van der Waals surface area contributed by atoms with Crippen molar-refractivity contribution in [2.45, 2.75) is 13.5 Å². The Balaban J connectivity index is 1.76. The van der Waals surface area contributed by atoms with Crippen molar-refractivity contribution in [3.05, 3.63) is 77.6 Å². The summed E-state index contributed by atoms with van der Waals surface area (Å²) in [6.07, 6.45) is 0. The van der Waals surface area contributed by atoms with E-state index < -0.39 is 0 Å². The van der Waals surface area contributed by atoms with Gasteiger partial charge < -0.3 is 4.18 Å². The molecule has 0 amide bonds. The van der Waals surface area contributed by atoms with E-state index in [0.717, 1.165) is 40.1 Å². The van der Waals surface area contributed by atoms with E-state index in [4.69, 9.17) is 4.18 Å². The number of halogens is 1. The molecule has 1 N–H and O–H groups in total. The molecule has 0 saturated carbocycles. The monoisotopic (exact) mass is 337 g/mol. The maximum atomic E-state index is 14.7. The van der Waals surface area contributed by atoms with Crippen LogP contribution in [0, 0.1) is 12.7 Å². The summed E-state index contributed by atoms with van der Waals surface area (Å²) < 4.78 is 23.4. The van der Waals surface area contributed by atoms with Crippen LogP contribution in [0.15, 0.2) is 60.7 Å². The Bertz CT molecular complexity index is 893. The van der Waals surface area contributed by atoms with Gasteiger partial charge in [-0.05, 0) is 24.1 Å². The van der Waals surface area contributed by atoms with E-state index in [1.165, 1.54) is 12.2 Å². The fourth-order valence-corrected chi connectivity index (χ4v) is 3.43. The van der Waals surface area contributed by atoms with Crippen LogP contribution in [-0.2, 0) is 6.54 Å². The summed E-state index contributed by atoms with van der Waals surface area (Å²) in [5.74, 6) is 0.583. The predicted octanol–water partition coefficient (Wildman–Crippen LogP) is 5.51. The smallest absolute Gasteiger partial charge is 0.151 e. The SMILES string of the molecule is Cc1ccc(-c2ccc(-c3cccc4c3OSNC4)cc2F)cc1. The zero-order chi connectivity index (χ0) is 16.5. The van der Waals surface area contributed by atoms with Crippen LogP contribution >= 0.6 is 12.2 Å². The first-order chi connectivity index (χ1) is 11.7. The van der Waals surface area contributed by atoms with Gasteiger partial charge >= 0.3 is 0 Å². The van der Waals surface area contributed by atoms with Crippen LogP contribution in [0.5, 0.6) is 5.75 Å². The second-order valence-electron chi connectivity index (χ2n) is 5.84. The molecule has 1 heterocycles. The Hall–Kier alpha value is -2.30. The summed E-state index contributed by atoms with van der Waals surface area (Å²) in [5, 5.41) is 0. The third-order valence-corrected chi connectivity index (χ3v) is 4.70. The van der Waals surface area contributed by atoms with Gasteiger partial charge in [-0.25, -0.2) is 9.11 Å². The fraction of sp³-hybridized carbons (Fsp3) is 0.100. The topological polar surface area (TPSA) is 21.3 Å². The van der Waals surface area contributed by atoms with Crippen molar-refractivity contribution < 1.29 is 8.57 Å². The van der Waals surface area contributed by atoms with Crippen LogP contribution in [-0.4, -0.2) is 0 Å². The first-order valence-electron chi connectivity index (χ1n) is 7.77. The van der Waals surface area contributed by atoms with Crippen molar-refractivity contribution in [2.75, 3.05) is 0 Å². The lowest BCUT2D eigenvalue weighted by molar-refractivity contribution is 0.601. The van der Waals surface area contributed by atoms with E-state index in [1.807, 2.05) is 61.5 Å². The zero-order valence-electron chi connectivity index (χ0n) is 13.2. The first kappa shape index (κ1) is 15.2. The van der Waals surface area contributed by atoms with Crippen LogP contribution in [0.2, 0.25) is 0 Å².